The van der Waals surface area contributed by atoms with E-state index in [0.717, 1.165) is 11.9 Å². The average Bonchev–Trinajstić information content (AvgIpc) is 2.67. The number of benzene rings is 1. The molecule has 0 aliphatic rings. The second-order valence-electron chi connectivity index (χ2n) is 4.19. The lowest BCUT2D eigenvalue weighted by Gasteiger charge is -2.08. The summed E-state index contributed by atoms with van der Waals surface area (Å²) < 4.78 is 1.90. The Morgan fingerprint density at radius 2 is 2.05 bits per heavy atom. The summed E-state index contributed by atoms with van der Waals surface area (Å²) in [7, 11) is 0. The molecule has 0 saturated heterocycles. The average molecular weight is 262 g/mol. The molecule has 1 atom stereocenters. The molecule has 0 saturated carbocycles. The van der Waals surface area contributed by atoms with Crippen molar-refractivity contribution in [3.8, 4) is 11.3 Å². The molecule has 0 radical (unpaired) electrons. The van der Waals surface area contributed by atoms with E-state index in [1.54, 1.807) is 31.2 Å². The molecule has 1 heterocycles. The highest BCUT2D eigenvalue weighted by molar-refractivity contribution is 5.74. The molecule has 0 aliphatic heterocycles. The lowest BCUT2D eigenvalue weighted by atomic mass is 10.1. The number of carbonyl (C=O) groups is 1. The van der Waals surface area contributed by atoms with Crippen LogP contribution in [0.15, 0.2) is 36.7 Å². The molecule has 0 spiro atoms. The third kappa shape index (κ3) is 2.30. The smallest absolute Gasteiger partial charge is 0.351 e. The van der Waals surface area contributed by atoms with Crippen LogP contribution in [0.5, 0.6) is 0 Å². The third-order valence-electron chi connectivity index (χ3n) is 3.00. The van der Waals surface area contributed by atoms with Crippen LogP contribution in [0.25, 0.3) is 11.3 Å². The van der Waals surface area contributed by atoms with Gasteiger partial charge in [-0.3, -0.25) is 0 Å². The van der Waals surface area contributed by atoms with Crippen molar-refractivity contribution in [2.24, 2.45) is 0 Å². The largest absolute Gasteiger partial charge is 0.711 e. The number of aromatic nitrogens is 2. The van der Waals surface area contributed by atoms with E-state index in [1.807, 2.05) is 6.07 Å². The van der Waals surface area contributed by atoms with Gasteiger partial charge in [-0.25, -0.2) is 14.1 Å². The highest BCUT2D eigenvalue weighted by Gasteiger charge is 2.30. The summed E-state index contributed by atoms with van der Waals surface area (Å²) in [4.78, 5) is 11.1. The molecule has 2 N–H and O–H groups in total. The van der Waals surface area contributed by atoms with Gasteiger partial charge < -0.3 is 15.4 Å². The number of nitrogens with zero attached hydrogens (tertiary/aromatic N) is 2. The first-order valence-corrected chi connectivity index (χ1v) is 5.76. The van der Waals surface area contributed by atoms with Gasteiger partial charge in [-0.1, -0.05) is 30.3 Å². The van der Waals surface area contributed by atoms with Gasteiger partial charge in [0.15, 0.2) is 11.4 Å². The van der Waals surface area contributed by atoms with E-state index in [0.29, 0.717) is 16.1 Å². The maximum absolute atomic E-state index is 11.7. The van der Waals surface area contributed by atoms with Crippen molar-refractivity contribution < 1.29 is 19.7 Å². The first-order chi connectivity index (χ1) is 9.06. The van der Waals surface area contributed by atoms with Crippen LogP contribution in [0.2, 0.25) is 0 Å². The second-order valence-corrected chi connectivity index (χ2v) is 4.19. The van der Waals surface area contributed by atoms with E-state index in [9.17, 15) is 15.1 Å². The lowest BCUT2D eigenvalue weighted by Crippen LogP contribution is -2.28. The van der Waals surface area contributed by atoms with Gasteiger partial charge in [0.2, 0.25) is 12.4 Å². The predicted octanol–water partition coefficient (Wildman–Crippen LogP) is 0.715. The fraction of sp³-hybridized carbons (Fsp3) is 0.231. The summed E-state index contributed by atoms with van der Waals surface area (Å²) >= 11 is 0. The molecule has 19 heavy (non-hydrogen) atoms. The zero-order chi connectivity index (χ0) is 14.0. The number of hydrogen-bond donors (Lipinski definition) is 2. The van der Waals surface area contributed by atoms with Gasteiger partial charge >= 0.3 is 5.97 Å². The molecule has 0 fully saturated rings. The van der Waals surface area contributed by atoms with E-state index in [1.165, 1.54) is 4.57 Å². The first kappa shape index (κ1) is 13.1. The van der Waals surface area contributed by atoms with Crippen LogP contribution in [0.4, 0.5) is 0 Å². The van der Waals surface area contributed by atoms with E-state index >= 15 is 0 Å². The minimum atomic E-state index is -1.18. The monoisotopic (exact) mass is 262 g/mol. The Morgan fingerprint density at radius 3 is 2.58 bits per heavy atom. The molecule has 0 aliphatic carbocycles. The van der Waals surface area contributed by atoms with Crippen LogP contribution in [0.3, 0.4) is 0 Å². The van der Waals surface area contributed by atoms with Crippen LogP contribution < -0.4 is 4.73 Å². The minimum Gasteiger partial charge on any atom is -0.711 e. The normalized spacial score (nSPS) is 12.3. The summed E-state index contributed by atoms with van der Waals surface area (Å²) in [5.41, 5.74) is 1.62. The van der Waals surface area contributed by atoms with Gasteiger partial charge in [0.1, 0.15) is 0 Å². The molecule has 2 rings (SSSR count). The molecule has 6 nitrogen and oxygen atoms in total. The SMILES string of the molecule is Cc1c(-c2ccccc2)n(C(CO)C(=O)O)c[n+]1[O-]. The van der Waals surface area contributed by atoms with Crippen LogP contribution in [-0.2, 0) is 4.79 Å². The fourth-order valence-corrected chi connectivity index (χ4v) is 2.02. The van der Waals surface area contributed by atoms with E-state index < -0.39 is 18.6 Å². The van der Waals surface area contributed by atoms with E-state index in [-0.39, 0.29) is 0 Å². The first-order valence-electron chi connectivity index (χ1n) is 5.76. The van der Waals surface area contributed by atoms with Crippen LogP contribution in [0, 0.1) is 12.1 Å². The summed E-state index contributed by atoms with van der Waals surface area (Å²) in [5.74, 6) is -1.18. The minimum absolute atomic E-state index is 0.394. The third-order valence-corrected chi connectivity index (χ3v) is 3.00. The van der Waals surface area contributed by atoms with Crippen molar-refractivity contribution >= 4 is 5.97 Å². The Morgan fingerprint density at radius 1 is 1.42 bits per heavy atom. The standard InChI is InChI=1S/C13H14N2O4/c1-9-12(10-5-3-2-4-6-10)14(8-15(9)19)11(7-16)13(17)18/h2-6,8,11,16H,7H2,1H3,(H,17,18). The van der Waals surface area contributed by atoms with Gasteiger partial charge in [0.25, 0.3) is 0 Å². The maximum Gasteiger partial charge on any atom is 0.351 e. The molecule has 2 aromatic rings. The van der Waals surface area contributed by atoms with Crippen molar-refractivity contribution in [2.75, 3.05) is 6.61 Å². The summed E-state index contributed by atoms with van der Waals surface area (Å²) in [6.45, 7) is 1.03. The van der Waals surface area contributed by atoms with Gasteiger partial charge in [-0.05, 0) is 0 Å². The van der Waals surface area contributed by atoms with E-state index in [4.69, 9.17) is 5.11 Å². The topological polar surface area (TPSA) is 89.4 Å². The number of aliphatic carboxylic acids is 1. The van der Waals surface area contributed by atoms with Crippen molar-refractivity contribution in [3.63, 3.8) is 0 Å². The Labute approximate surface area is 109 Å². The Kier molecular flexibility index (Phi) is 3.52. The quantitative estimate of drug-likeness (QED) is 0.627. The van der Waals surface area contributed by atoms with Crippen LogP contribution in [0.1, 0.15) is 11.7 Å². The molecule has 1 aromatic carbocycles. The predicted molar refractivity (Wildman–Crippen MR) is 67.3 cm³/mol. The summed E-state index contributed by atoms with van der Waals surface area (Å²) in [5, 5.41) is 30.0. The van der Waals surface area contributed by atoms with Gasteiger partial charge in [-0.15, -0.1) is 0 Å². The fourth-order valence-electron chi connectivity index (χ4n) is 2.02. The molecule has 100 valence electrons. The van der Waals surface area contributed by atoms with Crippen LogP contribution in [-0.4, -0.2) is 27.4 Å². The number of aliphatic hydroxyl groups excluding tert-OH is 1. The number of carboxylic acid groups (broad SMARTS) is 1. The number of aliphatic hydroxyl groups is 1. The lowest BCUT2D eigenvalue weighted by molar-refractivity contribution is -0.611. The molecule has 1 aromatic heterocycles. The number of hydrogen-bond acceptors (Lipinski definition) is 3. The molecule has 0 bridgehead atoms. The van der Waals surface area contributed by atoms with Gasteiger partial charge in [0.05, 0.1) is 6.61 Å². The molecule has 6 heteroatoms. The molecular formula is C13H14N2O4. The Bertz CT molecular complexity index is 592. The van der Waals surface area contributed by atoms with Crippen molar-refractivity contribution in [1.29, 1.82) is 0 Å². The Hall–Kier alpha value is -2.34. The van der Waals surface area contributed by atoms with Crippen molar-refractivity contribution in [2.45, 2.75) is 13.0 Å². The summed E-state index contributed by atoms with van der Waals surface area (Å²) in [6, 6.07) is 7.83. The maximum atomic E-state index is 11.7. The second kappa shape index (κ2) is 5.11. The zero-order valence-electron chi connectivity index (χ0n) is 10.4. The van der Waals surface area contributed by atoms with Crippen molar-refractivity contribution in [1.82, 2.24) is 4.57 Å². The number of carboxylic acids is 1. The number of imidazole rings is 1. The Balaban J connectivity index is 2.63. The van der Waals surface area contributed by atoms with E-state index in [2.05, 4.69) is 0 Å². The number of rotatable bonds is 4. The molecule has 0 amide bonds. The summed E-state index contributed by atoms with van der Waals surface area (Å²) in [6.07, 6.45) is 1.15. The highest BCUT2D eigenvalue weighted by atomic mass is 16.5. The zero-order valence-corrected chi connectivity index (χ0v) is 10.4. The van der Waals surface area contributed by atoms with Crippen LogP contribution >= 0.6 is 0 Å². The molecular weight excluding hydrogens is 248 g/mol. The highest BCUT2D eigenvalue weighted by Crippen LogP contribution is 2.25. The van der Waals surface area contributed by atoms with Gasteiger partial charge in [-0.2, -0.15) is 0 Å². The van der Waals surface area contributed by atoms with Gasteiger partial charge in [0, 0.05) is 12.5 Å². The van der Waals surface area contributed by atoms with Crippen molar-refractivity contribution in [3.05, 3.63) is 47.6 Å². The molecule has 1 unspecified atom stereocenters.